The van der Waals surface area contributed by atoms with Crippen molar-refractivity contribution < 1.29 is 13.2 Å². The summed E-state index contributed by atoms with van der Waals surface area (Å²) in [6.07, 6.45) is 3.39. The molecule has 1 aromatic carbocycles. The molecule has 3 rings (SSSR count). The lowest BCUT2D eigenvalue weighted by Gasteiger charge is -2.27. The Morgan fingerprint density at radius 3 is 2.78 bits per heavy atom. The number of anilines is 1. The van der Waals surface area contributed by atoms with Gasteiger partial charge in [0.15, 0.2) is 5.96 Å². The number of rotatable bonds is 5. The van der Waals surface area contributed by atoms with Gasteiger partial charge in [-0.1, -0.05) is 18.2 Å². The lowest BCUT2D eigenvalue weighted by Crippen LogP contribution is -2.47. The van der Waals surface area contributed by atoms with Crippen LogP contribution in [0.25, 0.3) is 0 Å². The summed E-state index contributed by atoms with van der Waals surface area (Å²) in [5.74, 6) is 0.685. The zero-order valence-corrected chi connectivity index (χ0v) is 16.6. The van der Waals surface area contributed by atoms with E-state index in [9.17, 15) is 13.2 Å². The third-order valence-corrected chi connectivity index (χ3v) is 6.43. The van der Waals surface area contributed by atoms with Crippen molar-refractivity contribution in [1.29, 1.82) is 0 Å². The first-order valence-corrected chi connectivity index (χ1v) is 11.0. The molecule has 0 aromatic heterocycles. The van der Waals surface area contributed by atoms with Crippen LogP contribution in [0.1, 0.15) is 30.7 Å². The Balaban J connectivity index is 1.57. The third-order valence-electron chi connectivity index (χ3n) is 5.10. The SMILES string of the molecule is CN=C(NCC1CC(=O)Nc2ccccc21)NC[C@H]1CCCN1S(C)(=O)=O. The van der Waals surface area contributed by atoms with E-state index >= 15 is 0 Å². The number of sulfonamides is 1. The summed E-state index contributed by atoms with van der Waals surface area (Å²) in [5.41, 5.74) is 1.97. The van der Waals surface area contributed by atoms with E-state index in [2.05, 4.69) is 20.9 Å². The van der Waals surface area contributed by atoms with Gasteiger partial charge in [0.2, 0.25) is 15.9 Å². The van der Waals surface area contributed by atoms with Crippen molar-refractivity contribution in [2.75, 3.05) is 38.3 Å². The van der Waals surface area contributed by atoms with Crippen molar-refractivity contribution in [1.82, 2.24) is 14.9 Å². The van der Waals surface area contributed by atoms with Crippen molar-refractivity contribution in [2.45, 2.75) is 31.2 Å². The second-order valence-corrected chi connectivity index (χ2v) is 8.98. The fourth-order valence-corrected chi connectivity index (χ4v) is 4.97. The van der Waals surface area contributed by atoms with Crippen LogP contribution in [0.15, 0.2) is 29.3 Å². The number of benzene rings is 1. The van der Waals surface area contributed by atoms with E-state index in [1.165, 1.54) is 6.26 Å². The molecule has 2 atom stereocenters. The zero-order valence-electron chi connectivity index (χ0n) is 15.7. The fraction of sp³-hybridized carbons (Fsp3) is 0.556. The predicted octanol–water partition coefficient (Wildman–Crippen LogP) is 0.701. The van der Waals surface area contributed by atoms with E-state index in [1.54, 1.807) is 11.4 Å². The van der Waals surface area contributed by atoms with Crippen LogP contribution in [-0.4, -0.2) is 63.6 Å². The molecule has 0 spiro atoms. The molecule has 9 heteroatoms. The van der Waals surface area contributed by atoms with Gasteiger partial charge in [0.25, 0.3) is 0 Å². The van der Waals surface area contributed by atoms with Crippen molar-refractivity contribution in [3.05, 3.63) is 29.8 Å². The van der Waals surface area contributed by atoms with Crippen molar-refractivity contribution in [2.24, 2.45) is 4.99 Å². The van der Waals surface area contributed by atoms with Crippen LogP contribution in [0.3, 0.4) is 0 Å². The third kappa shape index (κ3) is 4.78. The van der Waals surface area contributed by atoms with Gasteiger partial charge in [-0.25, -0.2) is 8.42 Å². The van der Waals surface area contributed by atoms with Crippen LogP contribution < -0.4 is 16.0 Å². The molecule has 1 unspecified atom stereocenters. The summed E-state index contributed by atoms with van der Waals surface area (Å²) in [6.45, 7) is 1.66. The molecule has 2 aliphatic heterocycles. The van der Waals surface area contributed by atoms with Crippen LogP contribution in [0.4, 0.5) is 5.69 Å². The Bertz CT molecular complexity index is 824. The topological polar surface area (TPSA) is 103 Å². The lowest BCUT2D eigenvalue weighted by molar-refractivity contribution is -0.116. The minimum Gasteiger partial charge on any atom is -0.356 e. The van der Waals surface area contributed by atoms with E-state index in [-0.39, 0.29) is 17.9 Å². The number of nitrogens with zero attached hydrogens (tertiary/aromatic N) is 2. The van der Waals surface area contributed by atoms with Gasteiger partial charge in [-0.3, -0.25) is 9.79 Å². The zero-order chi connectivity index (χ0) is 19.4. The molecule has 2 heterocycles. The summed E-state index contributed by atoms with van der Waals surface area (Å²) < 4.78 is 25.3. The summed E-state index contributed by atoms with van der Waals surface area (Å²) in [4.78, 5) is 16.2. The Morgan fingerprint density at radius 1 is 1.30 bits per heavy atom. The maximum atomic E-state index is 11.9. The summed E-state index contributed by atoms with van der Waals surface area (Å²) in [6, 6.07) is 7.76. The van der Waals surface area contributed by atoms with E-state index in [1.807, 2.05) is 24.3 Å². The highest BCUT2D eigenvalue weighted by molar-refractivity contribution is 7.88. The van der Waals surface area contributed by atoms with Crippen LogP contribution in [0.2, 0.25) is 0 Å². The first kappa shape index (κ1) is 19.6. The van der Waals surface area contributed by atoms with Gasteiger partial charge >= 0.3 is 0 Å². The van der Waals surface area contributed by atoms with Crippen molar-refractivity contribution >= 4 is 27.6 Å². The lowest BCUT2D eigenvalue weighted by atomic mass is 9.90. The van der Waals surface area contributed by atoms with Gasteiger partial charge in [-0.2, -0.15) is 4.31 Å². The number of para-hydroxylation sites is 1. The van der Waals surface area contributed by atoms with Crippen molar-refractivity contribution in [3.8, 4) is 0 Å². The quantitative estimate of drug-likeness (QED) is 0.505. The van der Waals surface area contributed by atoms with Gasteiger partial charge in [0.1, 0.15) is 0 Å². The number of nitrogens with one attached hydrogen (secondary N) is 3. The minimum absolute atomic E-state index is 0.0122. The summed E-state index contributed by atoms with van der Waals surface area (Å²) >= 11 is 0. The first-order chi connectivity index (χ1) is 12.9. The van der Waals surface area contributed by atoms with Crippen LogP contribution in [-0.2, 0) is 14.8 Å². The van der Waals surface area contributed by atoms with Gasteiger partial charge in [-0.05, 0) is 24.5 Å². The molecule has 1 amide bonds. The number of carbonyl (C=O) groups excluding carboxylic acids is 1. The molecular formula is C18H27N5O3S. The van der Waals surface area contributed by atoms with Crippen LogP contribution in [0.5, 0.6) is 0 Å². The number of hydrogen-bond donors (Lipinski definition) is 3. The molecule has 0 bridgehead atoms. The molecule has 27 heavy (non-hydrogen) atoms. The highest BCUT2D eigenvalue weighted by Crippen LogP contribution is 2.31. The van der Waals surface area contributed by atoms with E-state index in [4.69, 9.17) is 0 Å². The average Bonchev–Trinajstić information content (AvgIpc) is 3.10. The molecule has 1 fully saturated rings. The highest BCUT2D eigenvalue weighted by Gasteiger charge is 2.31. The Labute approximate surface area is 160 Å². The maximum absolute atomic E-state index is 11.9. The smallest absolute Gasteiger partial charge is 0.225 e. The number of carbonyl (C=O) groups is 1. The summed E-state index contributed by atoms with van der Waals surface area (Å²) in [7, 11) is -1.51. The Hall–Kier alpha value is -2.13. The van der Waals surface area contributed by atoms with Crippen molar-refractivity contribution in [3.63, 3.8) is 0 Å². The standard InChI is InChI=1S/C18H27N5O3S/c1-19-18(21-12-14-6-5-9-23(14)27(2,25)26)20-11-13-10-17(24)22-16-8-4-3-7-15(13)16/h3-4,7-8,13-14H,5-6,9-12H2,1-2H3,(H,22,24)(H2,19,20,21)/t13?,14-/m1/s1. The Morgan fingerprint density at radius 2 is 2.04 bits per heavy atom. The van der Waals surface area contributed by atoms with E-state index < -0.39 is 10.0 Å². The van der Waals surface area contributed by atoms with Gasteiger partial charge < -0.3 is 16.0 Å². The van der Waals surface area contributed by atoms with Crippen LogP contribution >= 0.6 is 0 Å². The van der Waals surface area contributed by atoms with E-state index in [0.29, 0.717) is 32.0 Å². The predicted molar refractivity (Wildman–Crippen MR) is 106 cm³/mol. The number of amides is 1. The normalized spacial score (nSPS) is 23.6. The second kappa shape index (κ2) is 8.26. The first-order valence-electron chi connectivity index (χ1n) is 9.18. The van der Waals surface area contributed by atoms with Gasteiger partial charge in [0.05, 0.1) is 6.26 Å². The molecule has 0 radical (unpaired) electrons. The van der Waals surface area contributed by atoms with Crippen LogP contribution in [0, 0.1) is 0 Å². The summed E-state index contributed by atoms with van der Waals surface area (Å²) in [5, 5.41) is 9.39. The number of fused-ring (bicyclic) bond motifs is 1. The molecule has 1 aromatic rings. The Kier molecular flexibility index (Phi) is 6.01. The molecule has 1 saturated heterocycles. The molecule has 2 aliphatic rings. The van der Waals surface area contributed by atoms with Gasteiger partial charge in [0, 0.05) is 50.7 Å². The molecular weight excluding hydrogens is 366 g/mol. The van der Waals surface area contributed by atoms with E-state index in [0.717, 1.165) is 24.1 Å². The fourth-order valence-electron chi connectivity index (χ4n) is 3.79. The molecule has 0 aliphatic carbocycles. The monoisotopic (exact) mass is 393 g/mol. The minimum atomic E-state index is -3.19. The highest BCUT2D eigenvalue weighted by atomic mass is 32.2. The molecule has 8 nitrogen and oxygen atoms in total. The number of guanidine groups is 1. The van der Waals surface area contributed by atoms with Gasteiger partial charge in [-0.15, -0.1) is 0 Å². The molecule has 0 saturated carbocycles. The maximum Gasteiger partial charge on any atom is 0.225 e. The largest absolute Gasteiger partial charge is 0.356 e. The number of hydrogen-bond acceptors (Lipinski definition) is 4. The second-order valence-electron chi connectivity index (χ2n) is 7.04. The number of aliphatic imine (C=N–C) groups is 1. The molecule has 148 valence electrons. The average molecular weight is 394 g/mol. The molecule has 3 N–H and O–H groups in total.